The van der Waals surface area contributed by atoms with Crippen molar-refractivity contribution in [1.82, 2.24) is 9.78 Å². The van der Waals surface area contributed by atoms with E-state index < -0.39 is 0 Å². The normalized spacial score (nSPS) is 10.5. The number of amides is 1. The van der Waals surface area contributed by atoms with E-state index in [0.717, 1.165) is 29.3 Å². The Morgan fingerprint density at radius 3 is 2.48 bits per heavy atom. The molecule has 0 bridgehead atoms. The fraction of sp³-hybridized carbons (Fsp3) is 0.333. The number of carbonyl (C=O) groups is 1. The summed E-state index contributed by atoms with van der Waals surface area (Å²) in [5.74, 6) is -0.0789. The van der Waals surface area contributed by atoms with Gasteiger partial charge in [-0.15, -0.1) is 0 Å². The Kier molecular flexibility index (Phi) is 4.85. The van der Waals surface area contributed by atoms with Crippen molar-refractivity contribution in [1.29, 1.82) is 0 Å². The zero-order valence-electron chi connectivity index (χ0n) is 12.4. The summed E-state index contributed by atoms with van der Waals surface area (Å²) >= 11 is 6.27. The molecule has 0 aliphatic carbocycles. The first kappa shape index (κ1) is 15.4. The van der Waals surface area contributed by atoms with Gasteiger partial charge in [0.15, 0.2) is 0 Å². The van der Waals surface area contributed by atoms with Gasteiger partial charge in [0.2, 0.25) is 5.91 Å². The first-order chi connectivity index (χ1) is 10.0. The molecule has 2 aromatic rings. The summed E-state index contributed by atoms with van der Waals surface area (Å²) in [5.41, 5.74) is 3.56. The second-order valence-corrected chi connectivity index (χ2v) is 5.15. The third-order valence-corrected chi connectivity index (χ3v) is 3.61. The number of carbonyl (C=O) groups excluding carboxylic acids is 1. The van der Waals surface area contributed by atoms with Crippen molar-refractivity contribution in [3.8, 4) is 0 Å². The number of anilines is 2. The summed E-state index contributed by atoms with van der Waals surface area (Å²) in [6.45, 7) is 6.82. The molecule has 1 aromatic carbocycles. The predicted molar refractivity (Wildman–Crippen MR) is 85.7 cm³/mol. The maximum atomic E-state index is 11.0. The van der Waals surface area contributed by atoms with Crippen LogP contribution < -0.4 is 10.6 Å². The van der Waals surface area contributed by atoms with Crippen molar-refractivity contribution in [3.05, 3.63) is 40.7 Å². The Balaban J connectivity index is 2.05. The van der Waals surface area contributed by atoms with Gasteiger partial charge in [-0.2, -0.15) is 5.10 Å². The maximum absolute atomic E-state index is 11.0. The van der Waals surface area contributed by atoms with Crippen LogP contribution in [0.15, 0.2) is 24.3 Å². The van der Waals surface area contributed by atoms with Crippen LogP contribution >= 0.6 is 11.6 Å². The van der Waals surface area contributed by atoms with E-state index >= 15 is 0 Å². The second kappa shape index (κ2) is 6.63. The Hall–Kier alpha value is -2.01. The smallest absolute Gasteiger partial charge is 0.221 e. The lowest BCUT2D eigenvalue weighted by molar-refractivity contribution is -0.114. The second-order valence-electron chi connectivity index (χ2n) is 4.77. The number of nitrogens with zero attached hydrogens (tertiary/aromatic N) is 2. The highest BCUT2D eigenvalue weighted by atomic mass is 35.5. The molecule has 1 heterocycles. The van der Waals surface area contributed by atoms with Gasteiger partial charge in [0.1, 0.15) is 0 Å². The number of hydrogen-bond acceptors (Lipinski definition) is 3. The highest BCUT2D eigenvalue weighted by molar-refractivity contribution is 6.31. The molecular formula is C15H19ClN4O. The van der Waals surface area contributed by atoms with E-state index in [1.807, 2.05) is 42.8 Å². The van der Waals surface area contributed by atoms with Gasteiger partial charge < -0.3 is 10.6 Å². The summed E-state index contributed by atoms with van der Waals surface area (Å²) in [5, 5.41) is 11.1. The van der Waals surface area contributed by atoms with Crippen LogP contribution in [-0.4, -0.2) is 15.7 Å². The highest BCUT2D eigenvalue weighted by Gasteiger charge is 2.11. The largest absolute Gasteiger partial charge is 0.379 e. The highest BCUT2D eigenvalue weighted by Crippen LogP contribution is 2.22. The van der Waals surface area contributed by atoms with Crippen molar-refractivity contribution >= 4 is 28.9 Å². The first-order valence-electron chi connectivity index (χ1n) is 6.84. The molecule has 0 aliphatic heterocycles. The molecule has 2 N–H and O–H groups in total. The third-order valence-electron chi connectivity index (χ3n) is 3.12. The molecule has 21 heavy (non-hydrogen) atoms. The standard InChI is InChI=1S/C15H19ClN4O/c1-4-20-14(15(16)10(2)19-20)9-17-12-5-7-13(8-6-12)18-11(3)21/h5-8,17H,4,9H2,1-3H3,(H,18,21). The monoisotopic (exact) mass is 306 g/mol. The van der Waals surface area contributed by atoms with Crippen LogP contribution in [0.25, 0.3) is 0 Å². The number of hydrogen-bond donors (Lipinski definition) is 2. The number of rotatable bonds is 5. The minimum atomic E-state index is -0.0789. The number of aryl methyl sites for hydroxylation is 2. The van der Waals surface area contributed by atoms with Crippen LogP contribution in [0, 0.1) is 6.92 Å². The number of halogens is 1. The summed E-state index contributed by atoms with van der Waals surface area (Å²) in [6.07, 6.45) is 0. The van der Waals surface area contributed by atoms with Gasteiger partial charge in [-0.25, -0.2) is 0 Å². The van der Waals surface area contributed by atoms with Gasteiger partial charge in [-0.1, -0.05) is 11.6 Å². The van der Waals surface area contributed by atoms with E-state index in [1.54, 1.807) is 0 Å². The van der Waals surface area contributed by atoms with Crippen molar-refractivity contribution in [2.24, 2.45) is 0 Å². The summed E-state index contributed by atoms with van der Waals surface area (Å²) in [6, 6.07) is 7.54. The molecule has 0 saturated carbocycles. The van der Waals surface area contributed by atoms with E-state index in [0.29, 0.717) is 11.6 Å². The van der Waals surface area contributed by atoms with Crippen LogP contribution in [-0.2, 0) is 17.9 Å². The number of benzene rings is 1. The molecule has 6 heteroatoms. The molecule has 2 rings (SSSR count). The number of aromatic nitrogens is 2. The van der Waals surface area contributed by atoms with E-state index in [4.69, 9.17) is 11.6 Å². The molecule has 1 amide bonds. The van der Waals surface area contributed by atoms with Gasteiger partial charge >= 0.3 is 0 Å². The van der Waals surface area contributed by atoms with Crippen LogP contribution in [0.5, 0.6) is 0 Å². The van der Waals surface area contributed by atoms with Crippen molar-refractivity contribution in [2.75, 3.05) is 10.6 Å². The summed E-state index contributed by atoms with van der Waals surface area (Å²) in [7, 11) is 0. The average molecular weight is 307 g/mol. The Morgan fingerprint density at radius 1 is 1.29 bits per heavy atom. The zero-order chi connectivity index (χ0) is 15.4. The number of nitrogens with one attached hydrogen (secondary N) is 2. The molecule has 5 nitrogen and oxygen atoms in total. The summed E-state index contributed by atoms with van der Waals surface area (Å²) in [4.78, 5) is 11.0. The van der Waals surface area contributed by atoms with E-state index in [-0.39, 0.29) is 5.91 Å². The van der Waals surface area contributed by atoms with Gasteiger partial charge in [0.05, 0.1) is 23.0 Å². The minimum absolute atomic E-state index is 0.0789. The lowest BCUT2D eigenvalue weighted by atomic mass is 10.2. The van der Waals surface area contributed by atoms with Gasteiger partial charge in [0.25, 0.3) is 0 Å². The molecule has 0 radical (unpaired) electrons. The Morgan fingerprint density at radius 2 is 1.90 bits per heavy atom. The fourth-order valence-corrected chi connectivity index (χ4v) is 2.30. The van der Waals surface area contributed by atoms with Gasteiger partial charge in [0, 0.05) is 24.8 Å². The molecule has 0 spiro atoms. The van der Waals surface area contributed by atoms with Crippen molar-refractivity contribution < 1.29 is 4.79 Å². The van der Waals surface area contributed by atoms with Crippen LogP contribution in [0.1, 0.15) is 25.2 Å². The fourth-order valence-electron chi connectivity index (χ4n) is 2.10. The maximum Gasteiger partial charge on any atom is 0.221 e. The molecule has 0 fully saturated rings. The lowest BCUT2D eigenvalue weighted by Crippen LogP contribution is -2.08. The van der Waals surface area contributed by atoms with Gasteiger partial charge in [-0.3, -0.25) is 9.48 Å². The topological polar surface area (TPSA) is 59.0 Å². The Bertz CT molecular complexity index is 634. The molecular weight excluding hydrogens is 288 g/mol. The molecule has 0 unspecified atom stereocenters. The molecule has 0 atom stereocenters. The third kappa shape index (κ3) is 3.76. The van der Waals surface area contributed by atoms with Crippen LogP contribution in [0.3, 0.4) is 0 Å². The SMILES string of the molecule is CCn1nc(C)c(Cl)c1CNc1ccc(NC(C)=O)cc1. The quantitative estimate of drug-likeness (QED) is 0.889. The van der Waals surface area contributed by atoms with Crippen molar-refractivity contribution in [2.45, 2.75) is 33.9 Å². The van der Waals surface area contributed by atoms with E-state index in [1.165, 1.54) is 6.92 Å². The van der Waals surface area contributed by atoms with E-state index in [2.05, 4.69) is 15.7 Å². The predicted octanol–water partition coefficient (Wildman–Crippen LogP) is 3.44. The van der Waals surface area contributed by atoms with Crippen molar-refractivity contribution in [3.63, 3.8) is 0 Å². The Labute approximate surface area is 129 Å². The van der Waals surface area contributed by atoms with Crippen LogP contribution in [0.2, 0.25) is 5.02 Å². The molecule has 0 saturated heterocycles. The van der Waals surface area contributed by atoms with E-state index in [9.17, 15) is 4.79 Å². The lowest BCUT2D eigenvalue weighted by Gasteiger charge is -2.09. The first-order valence-corrected chi connectivity index (χ1v) is 7.22. The molecule has 112 valence electrons. The average Bonchev–Trinajstić information content (AvgIpc) is 2.73. The zero-order valence-corrected chi connectivity index (χ0v) is 13.2. The van der Waals surface area contributed by atoms with Gasteiger partial charge in [-0.05, 0) is 38.1 Å². The van der Waals surface area contributed by atoms with Crippen LogP contribution in [0.4, 0.5) is 11.4 Å². The minimum Gasteiger partial charge on any atom is -0.379 e. The molecule has 1 aromatic heterocycles. The molecule has 0 aliphatic rings. The summed E-state index contributed by atoms with van der Waals surface area (Å²) < 4.78 is 1.90.